The molecule has 2 rings (SSSR count). The van der Waals surface area contributed by atoms with E-state index in [0.29, 0.717) is 29.9 Å². The zero-order valence-electron chi connectivity index (χ0n) is 19.9. The molecule has 1 atom stereocenters. The van der Waals surface area contributed by atoms with Crippen molar-refractivity contribution in [3.63, 3.8) is 0 Å². The van der Waals surface area contributed by atoms with E-state index in [0.717, 1.165) is 40.7 Å². The Hall–Kier alpha value is -3.67. The maximum Gasteiger partial charge on any atom is 0.156 e. The fourth-order valence-corrected chi connectivity index (χ4v) is 4.01. The lowest BCUT2D eigenvalue weighted by Crippen LogP contribution is -2.18. The van der Waals surface area contributed by atoms with Crippen molar-refractivity contribution < 1.29 is 9.53 Å². The number of hydrogen-bond donors (Lipinski definition) is 1. The van der Waals surface area contributed by atoms with Crippen molar-refractivity contribution >= 4 is 12.0 Å². The van der Waals surface area contributed by atoms with Crippen LogP contribution in [0.15, 0.2) is 76.8 Å². The van der Waals surface area contributed by atoms with Crippen molar-refractivity contribution in [3.05, 3.63) is 99.6 Å². The van der Waals surface area contributed by atoms with Gasteiger partial charge in [-0.2, -0.15) is 35.6 Å². The standard InChI is InChI=1S/C29H31N2O2/c1-6-10-24-17-23(19-31)13-14-25(24)29(28(20(3)4)21(5)32)26-18-22(7-2)11-8-12-27(26)33-16-9-15-30/h8,11,13-15,17-18,29-30H,2,6,9-10,16H2,1,3-5H3/q-1. The number of benzene rings is 1. The highest BCUT2D eigenvalue weighted by Crippen LogP contribution is 2.41. The fourth-order valence-electron chi connectivity index (χ4n) is 4.01. The summed E-state index contributed by atoms with van der Waals surface area (Å²) < 4.78 is 6.05. The number of ether oxygens (including phenoxy) is 1. The number of hydrogen-bond acceptors (Lipinski definition) is 4. The summed E-state index contributed by atoms with van der Waals surface area (Å²) in [7, 11) is 0. The number of rotatable bonds is 11. The first-order valence-corrected chi connectivity index (χ1v) is 11.1. The second kappa shape index (κ2) is 12.4. The van der Waals surface area contributed by atoms with Crippen LogP contribution in [0.1, 0.15) is 63.1 Å². The van der Waals surface area contributed by atoms with Crippen LogP contribution in [-0.2, 0) is 16.0 Å². The van der Waals surface area contributed by atoms with Crippen LogP contribution in [0.4, 0.5) is 0 Å². The van der Waals surface area contributed by atoms with Gasteiger partial charge in [-0.1, -0.05) is 36.8 Å². The highest BCUT2D eigenvalue weighted by atomic mass is 16.5. The molecular weight excluding hydrogens is 408 g/mol. The summed E-state index contributed by atoms with van der Waals surface area (Å²) in [6.07, 6.45) is 11.9. The smallest absolute Gasteiger partial charge is 0.156 e. The van der Waals surface area contributed by atoms with Crippen molar-refractivity contribution in [2.75, 3.05) is 6.61 Å². The third kappa shape index (κ3) is 6.42. The van der Waals surface area contributed by atoms with Crippen LogP contribution in [0.3, 0.4) is 0 Å². The van der Waals surface area contributed by atoms with E-state index in [4.69, 9.17) is 10.1 Å². The van der Waals surface area contributed by atoms with Crippen LogP contribution in [-0.4, -0.2) is 18.6 Å². The molecule has 1 unspecified atom stereocenters. The normalized spacial score (nSPS) is 13.5. The molecule has 0 saturated carbocycles. The summed E-state index contributed by atoms with van der Waals surface area (Å²) in [5.41, 5.74) is 8.94. The van der Waals surface area contributed by atoms with Crippen LogP contribution in [0.25, 0.3) is 0 Å². The molecule has 0 aromatic heterocycles. The Kier molecular flexibility index (Phi) is 9.61. The Morgan fingerprint density at radius 3 is 2.70 bits per heavy atom. The average Bonchev–Trinajstić information content (AvgIpc) is 2.99. The van der Waals surface area contributed by atoms with E-state index in [2.05, 4.69) is 31.4 Å². The molecule has 0 fully saturated rings. The lowest BCUT2D eigenvalue weighted by Gasteiger charge is -2.29. The van der Waals surface area contributed by atoms with Gasteiger partial charge in [0.25, 0.3) is 0 Å². The highest BCUT2D eigenvalue weighted by molar-refractivity contribution is 5.96. The number of Topliss-reactive ketones (excluding diaryl/α,β-unsaturated/α-hetero) is 1. The summed E-state index contributed by atoms with van der Waals surface area (Å²) in [6.45, 7) is 11.7. The van der Waals surface area contributed by atoms with Crippen LogP contribution in [0, 0.1) is 22.8 Å². The predicted molar refractivity (Wildman–Crippen MR) is 133 cm³/mol. The van der Waals surface area contributed by atoms with E-state index in [1.54, 1.807) is 19.1 Å². The number of nitriles is 1. The summed E-state index contributed by atoms with van der Waals surface area (Å²) in [5, 5.41) is 16.8. The SMILES string of the molecule is C=[C-]C1=CC=C=C(OCCC=N)C(C(C(C(C)=O)=C(C)C)c2ccc(C#N)cc2CCC)=C1. The number of carbonyl (C=O) groups excluding carboxylic acids is 1. The van der Waals surface area contributed by atoms with E-state index in [1.807, 2.05) is 38.1 Å². The van der Waals surface area contributed by atoms with Gasteiger partial charge in [-0.05, 0) is 62.2 Å². The Bertz CT molecular complexity index is 1130. The molecule has 0 aliphatic heterocycles. The molecule has 0 heterocycles. The summed E-state index contributed by atoms with van der Waals surface area (Å²) >= 11 is 0. The van der Waals surface area contributed by atoms with Crippen molar-refractivity contribution in [1.29, 1.82) is 10.7 Å². The minimum Gasteiger partial charge on any atom is -0.487 e. The predicted octanol–water partition coefficient (Wildman–Crippen LogP) is 6.47. The van der Waals surface area contributed by atoms with Gasteiger partial charge in [0.15, 0.2) is 11.5 Å². The molecule has 0 spiro atoms. The number of carbonyl (C=O) groups is 1. The van der Waals surface area contributed by atoms with Gasteiger partial charge in [-0.3, -0.25) is 4.79 Å². The molecule has 0 bridgehead atoms. The third-order valence-corrected chi connectivity index (χ3v) is 5.38. The molecule has 1 N–H and O–H groups in total. The summed E-state index contributed by atoms with van der Waals surface area (Å²) in [4.78, 5) is 13.0. The average molecular weight is 440 g/mol. The zero-order valence-corrected chi connectivity index (χ0v) is 19.9. The Morgan fingerprint density at radius 1 is 1.36 bits per heavy atom. The van der Waals surface area contributed by atoms with Gasteiger partial charge in [0.05, 0.1) is 18.2 Å². The lowest BCUT2D eigenvalue weighted by atomic mass is 9.77. The number of allylic oxidation sites excluding steroid dienone is 7. The Labute approximate surface area is 197 Å². The first-order chi connectivity index (χ1) is 15.9. The molecule has 170 valence electrons. The molecule has 0 radical (unpaired) electrons. The molecule has 1 aromatic rings. The van der Waals surface area contributed by atoms with Gasteiger partial charge in [0.2, 0.25) is 0 Å². The van der Waals surface area contributed by atoms with Crippen molar-refractivity contribution in [2.24, 2.45) is 0 Å². The molecule has 0 amide bonds. The lowest BCUT2D eigenvalue weighted by molar-refractivity contribution is -0.113. The highest BCUT2D eigenvalue weighted by Gasteiger charge is 2.29. The topological polar surface area (TPSA) is 73.9 Å². The number of aryl methyl sites for hydroxylation is 1. The van der Waals surface area contributed by atoms with Gasteiger partial charge in [0, 0.05) is 17.9 Å². The van der Waals surface area contributed by atoms with Gasteiger partial charge < -0.3 is 10.1 Å². The largest absolute Gasteiger partial charge is 0.487 e. The van der Waals surface area contributed by atoms with E-state index in [-0.39, 0.29) is 5.78 Å². The quantitative estimate of drug-likeness (QED) is 0.141. The van der Waals surface area contributed by atoms with Crippen molar-refractivity contribution in [3.8, 4) is 6.07 Å². The maximum absolute atomic E-state index is 13.0. The van der Waals surface area contributed by atoms with Gasteiger partial charge in [0.1, 0.15) is 0 Å². The van der Waals surface area contributed by atoms with Crippen LogP contribution in [0.5, 0.6) is 0 Å². The number of nitrogens with one attached hydrogen (secondary N) is 1. The van der Waals surface area contributed by atoms with Crippen molar-refractivity contribution in [1.82, 2.24) is 0 Å². The minimum atomic E-state index is -0.410. The van der Waals surface area contributed by atoms with E-state index in [1.165, 1.54) is 6.21 Å². The zero-order chi connectivity index (χ0) is 24.4. The van der Waals surface area contributed by atoms with Crippen molar-refractivity contribution in [2.45, 2.75) is 52.9 Å². The first kappa shape index (κ1) is 25.6. The molecular formula is C29H31N2O2-. The molecule has 4 nitrogen and oxygen atoms in total. The first-order valence-electron chi connectivity index (χ1n) is 11.1. The fraction of sp³-hybridized carbons (Fsp3) is 0.310. The minimum absolute atomic E-state index is 0.0205. The second-order valence-electron chi connectivity index (χ2n) is 8.06. The van der Waals surface area contributed by atoms with Gasteiger partial charge in [-0.25, -0.2) is 0 Å². The van der Waals surface area contributed by atoms with Crippen LogP contribution in [0.2, 0.25) is 0 Å². The Morgan fingerprint density at radius 2 is 2.12 bits per heavy atom. The number of nitrogens with zero attached hydrogens (tertiary/aromatic N) is 1. The van der Waals surface area contributed by atoms with Crippen LogP contribution >= 0.6 is 0 Å². The second-order valence-corrected chi connectivity index (χ2v) is 8.06. The molecule has 33 heavy (non-hydrogen) atoms. The summed E-state index contributed by atoms with van der Waals surface area (Å²) in [5.74, 6) is 0.0931. The van der Waals surface area contributed by atoms with E-state index < -0.39 is 5.92 Å². The summed E-state index contributed by atoms with van der Waals surface area (Å²) in [6, 6.07) is 7.89. The van der Waals surface area contributed by atoms with E-state index >= 15 is 0 Å². The molecule has 1 aliphatic rings. The Balaban J connectivity index is 2.87. The van der Waals surface area contributed by atoms with Gasteiger partial charge >= 0.3 is 0 Å². The van der Waals surface area contributed by atoms with Gasteiger partial charge in [-0.15, -0.1) is 0 Å². The van der Waals surface area contributed by atoms with Crippen LogP contribution < -0.4 is 0 Å². The molecule has 1 aromatic carbocycles. The monoisotopic (exact) mass is 439 g/mol. The molecule has 0 saturated heterocycles. The maximum atomic E-state index is 13.0. The number of ketones is 1. The van der Waals surface area contributed by atoms with E-state index in [9.17, 15) is 10.1 Å². The molecule has 4 heteroatoms. The third-order valence-electron chi connectivity index (χ3n) is 5.38. The molecule has 1 aliphatic carbocycles.